The first-order valence-electron chi connectivity index (χ1n) is 28.6. The Hall–Kier alpha value is -10.9. The summed E-state index contributed by atoms with van der Waals surface area (Å²) in [5.41, 5.74) is 21.1. The highest BCUT2D eigenvalue weighted by atomic mass is 16.3. The molecule has 1 nitrogen and oxygen atoms in total. The first kappa shape index (κ1) is 48.1. The molecule has 0 spiro atoms. The average Bonchev–Trinajstić information content (AvgIpc) is 3.81. The predicted molar refractivity (Wildman–Crippen MR) is 353 cm³/mol. The van der Waals surface area contributed by atoms with Gasteiger partial charge in [-0.25, -0.2) is 0 Å². The van der Waals surface area contributed by atoms with E-state index in [9.17, 15) is 0 Å². The Morgan fingerprint density at radius 2 is 0.518 bits per heavy atom. The molecule has 0 saturated carbocycles. The van der Waals surface area contributed by atoms with Crippen LogP contribution in [0.15, 0.2) is 320 Å². The molecule has 1 heteroatoms. The second kappa shape index (κ2) is 20.0. The van der Waals surface area contributed by atoms with E-state index in [0.717, 1.165) is 39.0 Å². The molecule has 16 rings (SSSR count). The van der Waals surface area contributed by atoms with E-state index < -0.39 is 0 Å². The zero-order valence-electron chi connectivity index (χ0n) is 45.4. The Kier molecular flexibility index (Phi) is 11.6. The lowest BCUT2D eigenvalue weighted by atomic mass is 9.84. The van der Waals surface area contributed by atoms with E-state index in [1.807, 2.05) is 0 Å². The SMILES string of the molecule is c1ccc(-c2oc3ccc(-c4c5ccccc5c(-c5cccc(-c6cccc7cccc(-c8ccc(-c9cccc(-c%10c%11ccccc%11c(-c%11ccccc%11)c%11ccccc%10%11)c9)cc8)c67)c5)c5ccccc45)cc3c2-c2ccccc2)cc1. The van der Waals surface area contributed by atoms with Gasteiger partial charge < -0.3 is 4.42 Å². The Morgan fingerprint density at radius 3 is 1.01 bits per heavy atom. The van der Waals surface area contributed by atoms with Crippen molar-refractivity contribution in [2.45, 2.75) is 0 Å². The van der Waals surface area contributed by atoms with Gasteiger partial charge in [0.2, 0.25) is 0 Å². The molecule has 0 fully saturated rings. The van der Waals surface area contributed by atoms with Crippen LogP contribution in [-0.2, 0) is 0 Å². The number of benzene rings is 15. The molecule has 0 aliphatic rings. The molecule has 0 atom stereocenters. The molecule has 16 aromatic rings. The fourth-order valence-electron chi connectivity index (χ4n) is 13.4. The van der Waals surface area contributed by atoms with Gasteiger partial charge >= 0.3 is 0 Å². The molecule has 0 saturated heterocycles. The molecule has 83 heavy (non-hydrogen) atoms. The molecule has 0 bridgehead atoms. The van der Waals surface area contributed by atoms with E-state index in [-0.39, 0.29) is 0 Å². The average molecular weight is 1050 g/mol. The lowest BCUT2D eigenvalue weighted by Crippen LogP contribution is -1.92. The van der Waals surface area contributed by atoms with Crippen molar-refractivity contribution in [2.75, 3.05) is 0 Å². The fourth-order valence-corrected chi connectivity index (χ4v) is 13.4. The summed E-state index contributed by atoms with van der Waals surface area (Å²) in [6, 6.07) is 115. The minimum absolute atomic E-state index is 0.869. The van der Waals surface area contributed by atoms with Crippen LogP contribution in [0.2, 0.25) is 0 Å². The highest BCUT2D eigenvalue weighted by Crippen LogP contribution is 2.49. The summed E-state index contributed by atoms with van der Waals surface area (Å²) in [4.78, 5) is 0. The van der Waals surface area contributed by atoms with E-state index >= 15 is 0 Å². The third-order valence-electron chi connectivity index (χ3n) is 17.0. The van der Waals surface area contributed by atoms with Gasteiger partial charge in [0.05, 0.1) is 0 Å². The summed E-state index contributed by atoms with van der Waals surface area (Å²) in [5.74, 6) is 0.882. The first-order valence-corrected chi connectivity index (χ1v) is 28.6. The summed E-state index contributed by atoms with van der Waals surface area (Å²) in [6.07, 6.45) is 0. The van der Waals surface area contributed by atoms with Gasteiger partial charge in [-0.15, -0.1) is 0 Å². The maximum Gasteiger partial charge on any atom is 0.143 e. The smallest absolute Gasteiger partial charge is 0.143 e. The van der Waals surface area contributed by atoms with Gasteiger partial charge in [0.1, 0.15) is 11.3 Å². The minimum Gasteiger partial charge on any atom is -0.455 e. The van der Waals surface area contributed by atoms with Crippen molar-refractivity contribution in [3.05, 3.63) is 315 Å². The van der Waals surface area contributed by atoms with E-state index in [1.165, 1.54) is 126 Å². The summed E-state index contributed by atoms with van der Waals surface area (Å²) in [7, 11) is 0. The Morgan fingerprint density at radius 1 is 0.181 bits per heavy atom. The van der Waals surface area contributed by atoms with Crippen molar-refractivity contribution in [2.24, 2.45) is 0 Å². The molecule has 1 aromatic heterocycles. The second-order valence-corrected chi connectivity index (χ2v) is 21.7. The molecule has 0 N–H and O–H groups in total. The largest absolute Gasteiger partial charge is 0.455 e. The topological polar surface area (TPSA) is 13.1 Å². The number of rotatable bonds is 9. The van der Waals surface area contributed by atoms with Crippen LogP contribution in [0.1, 0.15) is 0 Å². The third-order valence-corrected chi connectivity index (χ3v) is 17.0. The lowest BCUT2D eigenvalue weighted by molar-refractivity contribution is 0.632. The lowest BCUT2D eigenvalue weighted by Gasteiger charge is -2.19. The molecule has 0 radical (unpaired) electrons. The van der Waals surface area contributed by atoms with Gasteiger partial charge in [0, 0.05) is 16.5 Å². The Balaban J connectivity index is 0.786. The molecular weight excluding hydrogens is 1000 g/mol. The van der Waals surface area contributed by atoms with E-state index in [4.69, 9.17) is 4.42 Å². The summed E-state index contributed by atoms with van der Waals surface area (Å²) < 4.78 is 6.76. The van der Waals surface area contributed by atoms with Crippen LogP contribution in [0.25, 0.3) is 165 Å². The monoisotopic (exact) mass is 1050 g/mol. The van der Waals surface area contributed by atoms with E-state index in [1.54, 1.807) is 0 Å². The normalized spacial score (nSPS) is 11.6. The molecule has 0 aliphatic heterocycles. The number of furan rings is 1. The van der Waals surface area contributed by atoms with Crippen LogP contribution < -0.4 is 0 Å². The molecule has 0 aliphatic carbocycles. The van der Waals surface area contributed by atoms with Crippen molar-refractivity contribution >= 4 is 64.8 Å². The van der Waals surface area contributed by atoms with Gasteiger partial charge in [-0.05, 0) is 162 Å². The quantitative estimate of drug-likeness (QED) is 0.131. The second-order valence-electron chi connectivity index (χ2n) is 21.7. The van der Waals surface area contributed by atoms with Gasteiger partial charge in [0.25, 0.3) is 0 Å². The highest BCUT2D eigenvalue weighted by molar-refractivity contribution is 6.23. The Bertz CT molecular complexity index is 5050. The van der Waals surface area contributed by atoms with Crippen LogP contribution >= 0.6 is 0 Å². The van der Waals surface area contributed by atoms with E-state index in [0.29, 0.717) is 0 Å². The van der Waals surface area contributed by atoms with Crippen LogP contribution in [0, 0.1) is 0 Å². The molecule has 0 amide bonds. The molecule has 386 valence electrons. The minimum atomic E-state index is 0.869. The fraction of sp³-hybridized carbons (Fsp3) is 0. The maximum absolute atomic E-state index is 6.76. The first-order chi connectivity index (χ1) is 41.2. The Labute approximate surface area is 482 Å². The van der Waals surface area contributed by atoms with Crippen molar-refractivity contribution < 1.29 is 4.42 Å². The van der Waals surface area contributed by atoms with Crippen LogP contribution in [0.3, 0.4) is 0 Å². The van der Waals surface area contributed by atoms with Crippen molar-refractivity contribution in [3.63, 3.8) is 0 Å². The number of hydrogen-bond acceptors (Lipinski definition) is 1. The van der Waals surface area contributed by atoms with Gasteiger partial charge in [-0.1, -0.05) is 291 Å². The van der Waals surface area contributed by atoms with Crippen molar-refractivity contribution in [3.8, 4) is 100 Å². The van der Waals surface area contributed by atoms with Crippen LogP contribution in [0.5, 0.6) is 0 Å². The zero-order chi connectivity index (χ0) is 54.8. The summed E-state index contributed by atoms with van der Waals surface area (Å²) >= 11 is 0. The van der Waals surface area contributed by atoms with Crippen molar-refractivity contribution in [1.29, 1.82) is 0 Å². The van der Waals surface area contributed by atoms with Crippen LogP contribution in [-0.4, -0.2) is 0 Å². The molecule has 0 unspecified atom stereocenters. The molecule has 15 aromatic carbocycles. The highest BCUT2D eigenvalue weighted by Gasteiger charge is 2.23. The third kappa shape index (κ3) is 8.16. The molecule has 1 heterocycles. The van der Waals surface area contributed by atoms with Gasteiger partial charge in [-0.2, -0.15) is 0 Å². The molecular formula is C82H52O. The van der Waals surface area contributed by atoms with E-state index in [2.05, 4.69) is 315 Å². The number of fused-ring (bicyclic) bond motifs is 6. The summed E-state index contributed by atoms with van der Waals surface area (Å²) in [5, 5.41) is 13.4. The maximum atomic E-state index is 6.76. The predicted octanol–water partition coefficient (Wildman–Crippen LogP) is 23.2. The van der Waals surface area contributed by atoms with Crippen LogP contribution in [0.4, 0.5) is 0 Å². The summed E-state index contributed by atoms with van der Waals surface area (Å²) in [6.45, 7) is 0. The van der Waals surface area contributed by atoms with Crippen molar-refractivity contribution in [1.82, 2.24) is 0 Å². The van der Waals surface area contributed by atoms with Gasteiger partial charge in [-0.3, -0.25) is 0 Å². The standard InChI is InChI=1S/C82H52O/c1-4-22-55(23-5-1)77-66-34-10-12-36-68(66)78(69-37-13-11-35-67(69)77)61-32-18-30-59(50-61)53-44-46-54(47-45-53)64-42-20-28-56-29-21-43-65(76(56)64)60-31-19-33-62(51-60)79-70-38-14-16-40-72(70)80(73-41-17-15-39-71(73)79)63-48-49-75-74(52-63)81(57-24-6-2-7-25-57)82(83-75)58-26-8-3-9-27-58/h1-52H. The van der Waals surface area contributed by atoms with Gasteiger partial charge in [0.15, 0.2) is 0 Å². The number of hydrogen-bond donors (Lipinski definition) is 0. The zero-order valence-corrected chi connectivity index (χ0v) is 45.4.